The number of benzene rings is 1. The van der Waals surface area contributed by atoms with Crippen LogP contribution in [0.1, 0.15) is 36.9 Å². The Bertz CT molecular complexity index is 424. The predicted molar refractivity (Wildman–Crippen MR) is 77.3 cm³/mol. The van der Waals surface area contributed by atoms with Crippen molar-refractivity contribution in [1.82, 2.24) is 5.32 Å². The van der Waals surface area contributed by atoms with Crippen molar-refractivity contribution in [1.29, 1.82) is 0 Å². The van der Waals surface area contributed by atoms with E-state index in [-0.39, 0.29) is 17.5 Å². The maximum Gasteiger partial charge on any atom is 0.123 e. The smallest absolute Gasteiger partial charge is 0.123 e. The molecule has 1 aromatic rings. The van der Waals surface area contributed by atoms with Gasteiger partial charge in [0, 0.05) is 33.2 Å². The summed E-state index contributed by atoms with van der Waals surface area (Å²) in [5.74, 6) is -0.193. The largest absolute Gasteiger partial charge is 0.381 e. The third kappa shape index (κ3) is 3.19. The van der Waals surface area contributed by atoms with Gasteiger partial charge in [-0.2, -0.15) is 0 Å². The number of aryl methyl sites for hydroxylation is 1. The molecular formula is C16H24FNO2. The van der Waals surface area contributed by atoms with Crippen LogP contribution in [0.2, 0.25) is 0 Å². The van der Waals surface area contributed by atoms with Gasteiger partial charge in [-0.05, 0) is 36.7 Å². The summed E-state index contributed by atoms with van der Waals surface area (Å²) in [5, 5.41) is 3.47. The zero-order chi connectivity index (χ0) is 14.6. The van der Waals surface area contributed by atoms with Crippen LogP contribution < -0.4 is 5.32 Å². The van der Waals surface area contributed by atoms with Gasteiger partial charge in [-0.3, -0.25) is 0 Å². The second-order valence-electron chi connectivity index (χ2n) is 5.43. The van der Waals surface area contributed by atoms with Gasteiger partial charge in [0.2, 0.25) is 0 Å². The molecule has 3 nitrogen and oxygen atoms in total. The zero-order valence-corrected chi connectivity index (χ0v) is 12.5. The topological polar surface area (TPSA) is 30.5 Å². The molecule has 0 spiro atoms. The van der Waals surface area contributed by atoms with Crippen LogP contribution in [0.3, 0.4) is 0 Å². The first-order valence-corrected chi connectivity index (χ1v) is 7.24. The van der Waals surface area contributed by atoms with E-state index in [1.54, 1.807) is 19.2 Å². The van der Waals surface area contributed by atoms with Crippen LogP contribution in [0, 0.1) is 12.7 Å². The summed E-state index contributed by atoms with van der Waals surface area (Å²) >= 11 is 0. The molecule has 0 bridgehead atoms. The lowest BCUT2D eigenvalue weighted by molar-refractivity contribution is -0.111. The van der Waals surface area contributed by atoms with Crippen LogP contribution >= 0.6 is 0 Å². The second kappa shape index (κ2) is 6.66. The lowest BCUT2D eigenvalue weighted by atomic mass is 9.81. The van der Waals surface area contributed by atoms with E-state index >= 15 is 0 Å². The van der Waals surface area contributed by atoms with Crippen LogP contribution in [0.5, 0.6) is 0 Å². The maximum atomic E-state index is 13.7. The fourth-order valence-corrected chi connectivity index (χ4v) is 3.07. The van der Waals surface area contributed by atoms with Crippen molar-refractivity contribution < 1.29 is 13.9 Å². The third-order valence-electron chi connectivity index (χ3n) is 4.08. The van der Waals surface area contributed by atoms with Crippen LogP contribution in [0.25, 0.3) is 0 Å². The van der Waals surface area contributed by atoms with Crippen LogP contribution in [-0.4, -0.2) is 32.5 Å². The highest BCUT2D eigenvalue weighted by atomic mass is 19.1. The van der Waals surface area contributed by atoms with E-state index in [0.29, 0.717) is 13.2 Å². The summed E-state index contributed by atoms with van der Waals surface area (Å²) in [6.07, 6.45) is 1.63. The quantitative estimate of drug-likeness (QED) is 0.900. The highest BCUT2D eigenvalue weighted by Crippen LogP contribution is 2.37. The zero-order valence-electron chi connectivity index (χ0n) is 12.5. The molecule has 1 aliphatic heterocycles. The summed E-state index contributed by atoms with van der Waals surface area (Å²) in [5.41, 5.74) is 1.56. The molecular weight excluding hydrogens is 257 g/mol. The molecule has 0 amide bonds. The van der Waals surface area contributed by atoms with Crippen molar-refractivity contribution in [3.63, 3.8) is 0 Å². The summed E-state index contributed by atoms with van der Waals surface area (Å²) < 4.78 is 25.1. The molecule has 1 N–H and O–H groups in total. The summed E-state index contributed by atoms with van der Waals surface area (Å²) in [6.45, 7) is 6.15. The molecule has 0 saturated carbocycles. The van der Waals surface area contributed by atoms with Gasteiger partial charge in [-0.15, -0.1) is 0 Å². The molecule has 20 heavy (non-hydrogen) atoms. The van der Waals surface area contributed by atoms with E-state index < -0.39 is 0 Å². The normalized spacial score (nSPS) is 19.8. The molecule has 112 valence electrons. The molecule has 1 saturated heterocycles. The molecule has 2 rings (SSSR count). The number of halogens is 1. The number of ether oxygens (including phenoxy) is 2. The first kappa shape index (κ1) is 15.4. The van der Waals surface area contributed by atoms with Gasteiger partial charge in [-0.25, -0.2) is 4.39 Å². The van der Waals surface area contributed by atoms with Gasteiger partial charge in [0.15, 0.2) is 0 Å². The first-order valence-electron chi connectivity index (χ1n) is 7.24. The lowest BCUT2D eigenvalue weighted by Gasteiger charge is -2.43. The summed E-state index contributed by atoms with van der Waals surface area (Å²) in [7, 11) is 1.74. The van der Waals surface area contributed by atoms with Crippen LogP contribution in [-0.2, 0) is 9.47 Å². The maximum absolute atomic E-state index is 13.7. The van der Waals surface area contributed by atoms with E-state index in [4.69, 9.17) is 9.47 Å². The van der Waals surface area contributed by atoms with Gasteiger partial charge in [0.05, 0.1) is 11.6 Å². The highest BCUT2D eigenvalue weighted by molar-refractivity contribution is 5.28. The molecule has 1 aromatic carbocycles. The van der Waals surface area contributed by atoms with Crippen LogP contribution in [0.4, 0.5) is 4.39 Å². The Balaban J connectivity index is 2.37. The SMILES string of the molecule is CCNC(c1cc(C)cc(F)c1)C1(OC)CCOCC1. The lowest BCUT2D eigenvalue weighted by Crippen LogP contribution is -2.49. The van der Waals surface area contributed by atoms with E-state index in [2.05, 4.69) is 12.2 Å². The molecule has 1 fully saturated rings. The molecule has 1 atom stereocenters. The Morgan fingerprint density at radius 3 is 2.60 bits per heavy atom. The average Bonchev–Trinajstić information content (AvgIpc) is 2.44. The molecule has 1 aliphatic rings. The van der Waals surface area contributed by atoms with Gasteiger partial charge < -0.3 is 14.8 Å². The minimum absolute atomic E-state index is 0.0178. The summed E-state index contributed by atoms with van der Waals surface area (Å²) in [6, 6.07) is 5.18. The number of methoxy groups -OCH3 is 1. The van der Waals surface area contributed by atoms with Crippen LogP contribution in [0.15, 0.2) is 18.2 Å². The average molecular weight is 281 g/mol. The monoisotopic (exact) mass is 281 g/mol. The van der Waals surface area contributed by atoms with E-state index in [0.717, 1.165) is 30.5 Å². The Hall–Kier alpha value is -0.970. The molecule has 4 heteroatoms. The Labute approximate surface area is 120 Å². The standard InChI is InChI=1S/C16H24FNO2/c1-4-18-15(13-9-12(2)10-14(17)11-13)16(19-3)5-7-20-8-6-16/h9-11,15,18H,4-8H2,1-3H3. The van der Waals surface area contributed by atoms with Crippen molar-refractivity contribution in [3.8, 4) is 0 Å². The highest BCUT2D eigenvalue weighted by Gasteiger charge is 2.41. The minimum Gasteiger partial charge on any atom is -0.381 e. The van der Waals surface area contributed by atoms with Crippen molar-refractivity contribution in [3.05, 3.63) is 35.1 Å². The van der Waals surface area contributed by atoms with Gasteiger partial charge in [0.1, 0.15) is 5.82 Å². The Morgan fingerprint density at radius 1 is 1.35 bits per heavy atom. The Kier molecular flexibility index (Phi) is 5.13. The number of hydrogen-bond acceptors (Lipinski definition) is 3. The number of likely N-dealkylation sites (N-methyl/N-ethyl adjacent to an activating group) is 1. The third-order valence-corrected chi connectivity index (χ3v) is 4.08. The van der Waals surface area contributed by atoms with Crippen molar-refractivity contribution in [2.75, 3.05) is 26.9 Å². The number of nitrogens with one attached hydrogen (secondary N) is 1. The molecule has 0 aliphatic carbocycles. The fraction of sp³-hybridized carbons (Fsp3) is 0.625. The molecule has 1 unspecified atom stereocenters. The second-order valence-corrected chi connectivity index (χ2v) is 5.43. The van der Waals surface area contributed by atoms with Crippen molar-refractivity contribution >= 4 is 0 Å². The number of rotatable bonds is 5. The van der Waals surface area contributed by atoms with Crippen molar-refractivity contribution in [2.45, 2.75) is 38.3 Å². The van der Waals surface area contributed by atoms with E-state index in [9.17, 15) is 4.39 Å². The Morgan fingerprint density at radius 2 is 2.05 bits per heavy atom. The van der Waals surface area contributed by atoms with E-state index in [1.165, 1.54) is 0 Å². The molecule has 0 aromatic heterocycles. The van der Waals surface area contributed by atoms with Gasteiger partial charge in [0.25, 0.3) is 0 Å². The fourth-order valence-electron chi connectivity index (χ4n) is 3.07. The minimum atomic E-state index is -0.325. The van der Waals surface area contributed by atoms with Gasteiger partial charge >= 0.3 is 0 Å². The molecule has 0 radical (unpaired) electrons. The van der Waals surface area contributed by atoms with Gasteiger partial charge in [-0.1, -0.05) is 13.0 Å². The predicted octanol–water partition coefficient (Wildman–Crippen LogP) is 2.98. The first-order chi connectivity index (χ1) is 9.61. The van der Waals surface area contributed by atoms with Crippen molar-refractivity contribution in [2.24, 2.45) is 0 Å². The number of hydrogen-bond donors (Lipinski definition) is 1. The van der Waals surface area contributed by atoms with E-state index in [1.807, 2.05) is 13.0 Å². The summed E-state index contributed by atoms with van der Waals surface area (Å²) in [4.78, 5) is 0. The molecule has 1 heterocycles.